The Morgan fingerprint density at radius 2 is 2.00 bits per heavy atom. The highest BCUT2D eigenvalue weighted by molar-refractivity contribution is 14.0. The monoisotopic (exact) mass is 528 g/mol. The first-order chi connectivity index (χ1) is 12.8. The van der Waals surface area contributed by atoms with Crippen LogP contribution in [0.2, 0.25) is 0 Å². The molecule has 2 aromatic rings. The molecule has 0 spiro atoms. The van der Waals surface area contributed by atoms with Crippen molar-refractivity contribution in [3.05, 3.63) is 45.4 Å². The Morgan fingerprint density at radius 3 is 2.61 bits per heavy atom. The van der Waals surface area contributed by atoms with Gasteiger partial charge in [-0.15, -0.1) is 35.3 Å². The molecule has 0 radical (unpaired) electrons. The zero-order valence-electron chi connectivity index (χ0n) is 15.9. The molecule has 0 unspecified atom stereocenters. The third kappa shape index (κ3) is 8.63. The molecule has 0 aliphatic carbocycles. The molecule has 1 aromatic heterocycles. The molecule has 156 valence electrons. The molecule has 2 rings (SSSR count). The highest BCUT2D eigenvalue weighted by Gasteiger charge is 2.28. The Bertz CT molecular complexity index is 780. The van der Waals surface area contributed by atoms with Crippen molar-refractivity contribution in [1.82, 2.24) is 15.6 Å². The number of rotatable bonds is 7. The quantitative estimate of drug-likeness (QED) is 0.314. The van der Waals surface area contributed by atoms with Gasteiger partial charge < -0.3 is 15.4 Å². The normalized spacial score (nSPS) is 11.7. The summed E-state index contributed by atoms with van der Waals surface area (Å²) >= 11 is 1.59. The van der Waals surface area contributed by atoms with E-state index in [0.717, 1.165) is 15.4 Å². The summed E-state index contributed by atoms with van der Waals surface area (Å²) in [5.41, 5.74) is 1.42. The van der Waals surface area contributed by atoms with Gasteiger partial charge in [0.25, 0.3) is 0 Å². The third-order valence-corrected chi connectivity index (χ3v) is 4.38. The van der Waals surface area contributed by atoms with Crippen LogP contribution in [0.5, 0.6) is 5.75 Å². The van der Waals surface area contributed by atoms with Gasteiger partial charge in [0.2, 0.25) is 0 Å². The van der Waals surface area contributed by atoms with Crippen molar-refractivity contribution in [1.29, 1.82) is 0 Å². The standard InChI is InChI=1S/C18H23F3N4OS.HI/c1-4-22-17(25-10-15-9-23-13(3)27-15)24-8-14-6-5-12(2)7-16(14)26-11-18(19,20)21;/h5-7,9H,4,8,10-11H2,1-3H3,(H2,22,24,25);1H. The SMILES string of the molecule is CCNC(=NCc1ccc(C)cc1OCC(F)(F)F)NCc1cnc(C)s1.I. The Labute approximate surface area is 183 Å². The van der Waals surface area contributed by atoms with Gasteiger partial charge >= 0.3 is 6.18 Å². The lowest BCUT2D eigenvalue weighted by molar-refractivity contribution is -0.153. The van der Waals surface area contributed by atoms with E-state index in [9.17, 15) is 13.2 Å². The summed E-state index contributed by atoms with van der Waals surface area (Å²) in [7, 11) is 0. The van der Waals surface area contributed by atoms with Gasteiger partial charge in [0, 0.05) is 23.2 Å². The smallest absolute Gasteiger partial charge is 0.422 e. The molecular formula is C18H24F3IN4OS. The second-order valence-corrected chi connectivity index (χ2v) is 7.23. The Hall–Kier alpha value is -1.56. The molecule has 5 nitrogen and oxygen atoms in total. The number of aromatic nitrogens is 1. The highest BCUT2D eigenvalue weighted by atomic mass is 127. The summed E-state index contributed by atoms with van der Waals surface area (Å²) in [6.45, 7) is 5.80. The molecule has 1 heterocycles. The van der Waals surface area contributed by atoms with E-state index in [-0.39, 0.29) is 36.3 Å². The van der Waals surface area contributed by atoms with Gasteiger partial charge in [-0.05, 0) is 32.4 Å². The molecule has 0 atom stereocenters. The third-order valence-electron chi connectivity index (χ3n) is 3.46. The number of ether oxygens (including phenoxy) is 1. The number of nitrogens with zero attached hydrogens (tertiary/aromatic N) is 2. The van der Waals surface area contributed by atoms with Gasteiger partial charge in [0.05, 0.1) is 18.1 Å². The average Bonchev–Trinajstić information content (AvgIpc) is 3.01. The number of hydrogen-bond acceptors (Lipinski definition) is 4. The molecule has 0 saturated heterocycles. The van der Waals surface area contributed by atoms with Crippen LogP contribution in [0.1, 0.15) is 27.9 Å². The zero-order valence-corrected chi connectivity index (χ0v) is 19.0. The van der Waals surface area contributed by atoms with Crippen LogP contribution in [0.3, 0.4) is 0 Å². The molecule has 0 aliphatic rings. The number of hydrogen-bond donors (Lipinski definition) is 2. The Balaban J connectivity index is 0.00000392. The Kier molecular flexibility index (Phi) is 10.0. The van der Waals surface area contributed by atoms with Crippen molar-refractivity contribution in [2.24, 2.45) is 4.99 Å². The minimum absolute atomic E-state index is 0. The summed E-state index contributed by atoms with van der Waals surface area (Å²) in [4.78, 5) is 9.73. The zero-order chi connectivity index (χ0) is 19.9. The summed E-state index contributed by atoms with van der Waals surface area (Å²) in [6.07, 6.45) is -2.58. The summed E-state index contributed by atoms with van der Waals surface area (Å²) in [5.74, 6) is 0.774. The molecule has 1 aromatic carbocycles. The molecular weight excluding hydrogens is 504 g/mol. The lowest BCUT2D eigenvalue weighted by Gasteiger charge is -2.14. The average molecular weight is 528 g/mol. The number of aryl methyl sites for hydroxylation is 2. The summed E-state index contributed by atoms with van der Waals surface area (Å²) in [5, 5.41) is 7.30. The van der Waals surface area contributed by atoms with Crippen LogP contribution in [0.15, 0.2) is 29.4 Å². The van der Waals surface area contributed by atoms with E-state index >= 15 is 0 Å². The van der Waals surface area contributed by atoms with Crippen molar-refractivity contribution in [2.45, 2.75) is 40.0 Å². The lowest BCUT2D eigenvalue weighted by atomic mass is 10.1. The minimum Gasteiger partial charge on any atom is -0.484 e. The largest absolute Gasteiger partial charge is 0.484 e. The number of nitrogens with one attached hydrogen (secondary N) is 2. The van der Waals surface area contributed by atoms with E-state index in [1.807, 2.05) is 19.9 Å². The molecule has 10 heteroatoms. The first kappa shape index (κ1) is 24.5. The van der Waals surface area contributed by atoms with Crippen LogP contribution in [0.4, 0.5) is 13.2 Å². The molecule has 0 aliphatic heterocycles. The number of thiazole rings is 1. The van der Waals surface area contributed by atoms with Gasteiger partial charge in [-0.1, -0.05) is 12.1 Å². The Morgan fingerprint density at radius 1 is 1.25 bits per heavy atom. The van der Waals surface area contributed by atoms with Crippen LogP contribution in [-0.2, 0) is 13.1 Å². The number of alkyl halides is 3. The fourth-order valence-corrected chi connectivity index (χ4v) is 2.98. The van der Waals surface area contributed by atoms with E-state index < -0.39 is 12.8 Å². The van der Waals surface area contributed by atoms with E-state index in [1.54, 1.807) is 36.6 Å². The first-order valence-corrected chi connectivity index (χ1v) is 9.31. The van der Waals surface area contributed by atoms with E-state index in [4.69, 9.17) is 4.74 Å². The van der Waals surface area contributed by atoms with Crippen LogP contribution in [0, 0.1) is 13.8 Å². The second kappa shape index (κ2) is 11.4. The van der Waals surface area contributed by atoms with Gasteiger partial charge in [-0.2, -0.15) is 13.2 Å². The fourth-order valence-electron chi connectivity index (χ4n) is 2.25. The van der Waals surface area contributed by atoms with Crippen molar-refractivity contribution in [2.75, 3.05) is 13.2 Å². The van der Waals surface area contributed by atoms with E-state index in [1.165, 1.54) is 0 Å². The van der Waals surface area contributed by atoms with Crippen molar-refractivity contribution in [3.8, 4) is 5.75 Å². The van der Waals surface area contributed by atoms with Crippen LogP contribution < -0.4 is 15.4 Å². The molecule has 28 heavy (non-hydrogen) atoms. The van der Waals surface area contributed by atoms with Crippen LogP contribution >= 0.6 is 35.3 Å². The van der Waals surface area contributed by atoms with Crippen LogP contribution in [0.25, 0.3) is 0 Å². The molecule has 0 bridgehead atoms. The number of guanidine groups is 1. The molecule has 0 fully saturated rings. The maximum absolute atomic E-state index is 12.5. The number of halogens is 4. The fraction of sp³-hybridized carbons (Fsp3) is 0.444. The summed E-state index contributed by atoms with van der Waals surface area (Å²) < 4.78 is 42.4. The van der Waals surface area contributed by atoms with Crippen LogP contribution in [-0.4, -0.2) is 30.3 Å². The predicted molar refractivity (Wildman–Crippen MR) is 117 cm³/mol. The summed E-state index contributed by atoms with van der Waals surface area (Å²) in [6, 6.07) is 5.16. The molecule has 0 amide bonds. The van der Waals surface area contributed by atoms with Crippen molar-refractivity contribution in [3.63, 3.8) is 0 Å². The van der Waals surface area contributed by atoms with E-state index in [2.05, 4.69) is 20.6 Å². The number of benzene rings is 1. The van der Waals surface area contributed by atoms with Gasteiger partial charge in [0.15, 0.2) is 12.6 Å². The molecule has 2 N–H and O–H groups in total. The van der Waals surface area contributed by atoms with Gasteiger partial charge in [-0.3, -0.25) is 0 Å². The topological polar surface area (TPSA) is 58.5 Å². The van der Waals surface area contributed by atoms with Crippen molar-refractivity contribution >= 4 is 41.3 Å². The minimum atomic E-state index is -4.38. The van der Waals surface area contributed by atoms with E-state index in [0.29, 0.717) is 24.6 Å². The van der Waals surface area contributed by atoms with Gasteiger partial charge in [0.1, 0.15) is 5.75 Å². The lowest BCUT2D eigenvalue weighted by Crippen LogP contribution is -2.36. The van der Waals surface area contributed by atoms with Crippen molar-refractivity contribution < 1.29 is 17.9 Å². The predicted octanol–water partition coefficient (Wildman–Crippen LogP) is 4.57. The highest BCUT2D eigenvalue weighted by Crippen LogP contribution is 2.24. The maximum Gasteiger partial charge on any atom is 0.422 e. The number of aliphatic imine (C=N–C) groups is 1. The first-order valence-electron chi connectivity index (χ1n) is 8.49. The second-order valence-electron chi connectivity index (χ2n) is 5.91. The molecule has 0 saturated carbocycles. The maximum atomic E-state index is 12.5. The van der Waals surface area contributed by atoms with Gasteiger partial charge in [-0.25, -0.2) is 9.98 Å².